The predicted molar refractivity (Wildman–Crippen MR) is 151 cm³/mol. The van der Waals surface area contributed by atoms with Gasteiger partial charge >= 0.3 is 0 Å². The molecule has 0 amide bonds. The van der Waals surface area contributed by atoms with Crippen LogP contribution in [0.2, 0.25) is 0 Å². The zero-order valence-corrected chi connectivity index (χ0v) is 22.7. The SMILES string of the molecule is Cc1cc2c(c(-c3ccccc3)c1C(=O)C=Cc1ccc(Br)cc1)C(=O)CC(c1ccc(Br)cc1)O2. The number of hydrogen-bond donors (Lipinski definition) is 0. The van der Waals surface area contributed by atoms with E-state index in [4.69, 9.17) is 4.74 Å². The van der Waals surface area contributed by atoms with E-state index in [2.05, 4.69) is 31.9 Å². The molecule has 0 bridgehead atoms. The minimum absolute atomic E-state index is 0.0334. The van der Waals surface area contributed by atoms with Gasteiger partial charge in [-0.25, -0.2) is 0 Å². The number of Topliss-reactive ketones (excluding diaryl/α,β-unsaturated/α-hetero) is 1. The Morgan fingerprint density at radius 1 is 0.889 bits per heavy atom. The third-order valence-electron chi connectivity index (χ3n) is 6.26. The van der Waals surface area contributed by atoms with Gasteiger partial charge in [0.1, 0.15) is 11.9 Å². The summed E-state index contributed by atoms with van der Waals surface area (Å²) in [5.74, 6) is 0.331. The number of carbonyl (C=O) groups is 2. The van der Waals surface area contributed by atoms with Gasteiger partial charge in [-0.1, -0.05) is 92.5 Å². The molecule has 0 radical (unpaired) electrons. The van der Waals surface area contributed by atoms with Crippen molar-refractivity contribution in [1.29, 1.82) is 0 Å². The summed E-state index contributed by atoms with van der Waals surface area (Å²) >= 11 is 6.89. The van der Waals surface area contributed by atoms with Crippen LogP contribution in [-0.2, 0) is 0 Å². The largest absolute Gasteiger partial charge is 0.484 e. The molecule has 4 aromatic rings. The molecular formula is C31H22Br2O3. The number of halogens is 2. The van der Waals surface area contributed by atoms with Crippen LogP contribution in [0.5, 0.6) is 5.75 Å². The lowest BCUT2D eigenvalue weighted by Crippen LogP contribution is -2.22. The maximum absolute atomic E-state index is 13.6. The molecule has 5 rings (SSSR count). The first-order valence-electron chi connectivity index (χ1n) is 11.6. The fraction of sp³-hybridized carbons (Fsp3) is 0.0968. The first-order valence-corrected chi connectivity index (χ1v) is 13.2. The molecule has 1 aliphatic rings. The summed E-state index contributed by atoms with van der Waals surface area (Å²) in [6.07, 6.45) is 3.20. The van der Waals surface area contributed by atoms with Gasteiger partial charge in [-0.3, -0.25) is 9.59 Å². The lowest BCUT2D eigenvalue weighted by molar-refractivity contribution is 0.0851. The Balaban J connectivity index is 1.61. The minimum Gasteiger partial charge on any atom is -0.484 e. The van der Waals surface area contributed by atoms with Crippen molar-refractivity contribution in [3.05, 3.63) is 128 Å². The number of hydrogen-bond acceptors (Lipinski definition) is 3. The second-order valence-corrected chi connectivity index (χ2v) is 10.5. The number of fused-ring (bicyclic) bond motifs is 1. The first kappa shape index (κ1) is 24.4. The summed E-state index contributed by atoms with van der Waals surface area (Å²) < 4.78 is 8.32. The molecule has 1 atom stereocenters. The van der Waals surface area contributed by atoms with Crippen LogP contribution in [0.1, 0.15) is 49.9 Å². The fourth-order valence-electron chi connectivity index (χ4n) is 4.52. The Kier molecular flexibility index (Phi) is 7.04. The summed E-state index contributed by atoms with van der Waals surface area (Å²) in [6, 6.07) is 27.0. The van der Waals surface area contributed by atoms with Gasteiger partial charge in [-0.15, -0.1) is 0 Å². The van der Waals surface area contributed by atoms with Crippen molar-refractivity contribution < 1.29 is 14.3 Å². The van der Waals surface area contributed by atoms with Crippen LogP contribution in [0.3, 0.4) is 0 Å². The van der Waals surface area contributed by atoms with Gasteiger partial charge in [-0.2, -0.15) is 0 Å². The van der Waals surface area contributed by atoms with Gasteiger partial charge < -0.3 is 4.74 Å². The molecule has 1 unspecified atom stereocenters. The second-order valence-electron chi connectivity index (χ2n) is 8.72. The van der Waals surface area contributed by atoms with E-state index in [0.29, 0.717) is 22.4 Å². The number of rotatable bonds is 5. The van der Waals surface area contributed by atoms with Crippen LogP contribution in [-0.4, -0.2) is 11.6 Å². The molecule has 0 aliphatic carbocycles. The number of carbonyl (C=O) groups excluding carboxylic acids is 2. The quantitative estimate of drug-likeness (QED) is 0.170. The number of benzene rings is 4. The molecule has 0 saturated carbocycles. The van der Waals surface area contributed by atoms with E-state index >= 15 is 0 Å². The van der Waals surface area contributed by atoms with Crippen LogP contribution in [0.4, 0.5) is 0 Å². The monoisotopic (exact) mass is 600 g/mol. The van der Waals surface area contributed by atoms with E-state index in [0.717, 1.165) is 31.2 Å². The zero-order valence-electron chi connectivity index (χ0n) is 19.5. The highest BCUT2D eigenvalue weighted by molar-refractivity contribution is 9.10. The molecule has 5 heteroatoms. The molecule has 178 valence electrons. The topological polar surface area (TPSA) is 43.4 Å². The Hall–Kier alpha value is -3.28. The maximum Gasteiger partial charge on any atom is 0.186 e. The van der Waals surface area contributed by atoms with Crippen LogP contribution in [0.25, 0.3) is 17.2 Å². The lowest BCUT2D eigenvalue weighted by atomic mass is 9.84. The second kappa shape index (κ2) is 10.4. The van der Waals surface area contributed by atoms with E-state index in [9.17, 15) is 9.59 Å². The van der Waals surface area contributed by atoms with Crippen molar-refractivity contribution in [3.63, 3.8) is 0 Å². The average molecular weight is 602 g/mol. The highest BCUT2D eigenvalue weighted by Gasteiger charge is 2.33. The van der Waals surface area contributed by atoms with Gasteiger partial charge in [0.15, 0.2) is 11.6 Å². The summed E-state index contributed by atoms with van der Waals surface area (Å²) in [4.78, 5) is 27.2. The molecule has 3 nitrogen and oxygen atoms in total. The minimum atomic E-state index is -0.375. The van der Waals surface area contributed by atoms with Gasteiger partial charge in [0.05, 0.1) is 12.0 Å². The maximum atomic E-state index is 13.6. The highest BCUT2D eigenvalue weighted by atomic mass is 79.9. The van der Waals surface area contributed by atoms with Crippen molar-refractivity contribution in [2.75, 3.05) is 0 Å². The smallest absolute Gasteiger partial charge is 0.186 e. The van der Waals surface area contributed by atoms with Gasteiger partial charge in [0.25, 0.3) is 0 Å². The van der Waals surface area contributed by atoms with Gasteiger partial charge in [-0.05, 0) is 65.6 Å². The molecule has 1 aliphatic heterocycles. The molecule has 0 saturated heterocycles. The van der Waals surface area contributed by atoms with Crippen molar-refractivity contribution in [3.8, 4) is 16.9 Å². The Morgan fingerprint density at radius 2 is 1.53 bits per heavy atom. The molecule has 0 aromatic heterocycles. The summed E-state index contributed by atoms with van der Waals surface area (Å²) in [7, 11) is 0. The Morgan fingerprint density at radius 3 is 2.19 bits per heavy atom. The number of aryl methyl sites for hydroxylation is 1. The van der Waals surface area contributed by atoms with Gasteiger partial charge in [0, 0.05) is 20.1 Å². The van der Waals surface area contributed by atoms with Crippen LogP contribution >= 0.6 is 31.9 Å². The van der Waals surface area contributed by atoms with E-state index < -0.39 is 0 Å². The summed E-state index contributed by atoms with van der Waals surface area (Å²) in [6.45, 7) is 1.89. The van der Waals surface area contributed by atoms with Crippen molar-refractivity contribution in [2.45, 2.75) is 19.4 Å². The third kappa shape index (κ3) is 4.99. The standard InChI is InChI=1S/C31H22Br2O3/c1-19-17-28-31(26(35)18-27(36-28)21-10-14-24(33)15-11-21)30(22-5-3-2-4-6-22)29(19)25(34)16-9-20-7-12-23(32)13-8-20/h2-17,27H,18H2,1H3. The van der Waals surface area contributed by atoms with Crippen molar-refractivity contribution in [1.82, 2.24) is 0 Å². The molecule has 36 heavy (non-hydrogen) atoms. The van der Waals surface area contributed by atoms with Crippen molar-refractivity contribution in [2.24, 2.45) is 0 Å². The van der Waals surface area contributed by atoms with E-state index in [1.165, 1.54) is 0 Å². The molecule has 1 heterocycles. The first-order chi connectivity index (χ1) is 17.4. The number of ketones is 2. The fourth-order valence-corrected chi connectivity index (χ4v) is 5.05. The van der Waals surface area contributed by atoms with Gasteiger partial charge in [0.2, 0.25) is 0 Å². The molecule has 0 spiro atoms. The highest BCUT2D eigenvalue weighted by Crippen LogP contribution is 2.43. The van der Waals surface area contributed by atoms with E-state index in [-0.39, 0.29) is 24.1 Å². The molecule has 0 N–H and O–H groups in total. The summed E-state index contributed by atoms with van der Waals surface area (Å²) in [5.41, 5.74) is 5.07. The normalized spacial score (nSPS) is 15.0. The van der Waals surface area contributed by atoms with Crippen LogP contribution in [0, 0.1) is 6.92 Å². The zero-order chi connectivity index (χ0) is 25.2. The van der Waals surface area contributed by atoms with Crippen LogP contribution in [0.15, 0.2) is 100.0 Å². The van der Waals surface area contributed by atoms with Crippen LogP contribution < -0.4 is 4.74 Å². The molecular weight excluding hydrogens is 580 g/mol. The lowest BCUT2D eigenvalue weighted by Gasteiger charge is -2.29. The summed E-state index contributed by atoms with van der Waals surface area (Å²) in [5, 5.41) is 0. The third-order valence-corrected chi connectivity index (χ3v) is 7.31. The Labute approximate surface area is 227 Å². The van der Waals surface area contributed by atoms with E-state index in [1.54, 1.807) is 12.2 Å². The Bertz CT molecular complexity index is 1470. The average Bonchev–Trinajstić information content (AvgIpc) is 2.88. The number of ether oxygens (including phenoxy) is 1. The predicted octanol–water partition coefficient (Wildman–Crippen LogP) is 8.79. The van der Waals surface area contributed by atoms with Crippen molar-refractivity contribution >= 4 is 49.5 Å². The van der Waals surface area contributed by atoms with E-state index in [1.807, 2.05) is 91.9 Å². The molecule has 0 fully saturated rings. The number of allylic oxidation sites excluding steroid dienone is 1. The molecule has 4 aromatic carbocycles.